The molecular weight excluding hydrogens is 296 g/mol. The van der Waals surface area contributed by atoms with Crippen LogP contribution < -0.4 is 0 Å². The summed E-state index contributed by atoms with van der Waals surface area (Å²) in [6.07, 6.45) is 5.30. The van der Waals surface area contributed by atoms with Gasteiger partial charge in [-0.15, -0.1) is 0 Å². The summed E-state index contributed by atoms with van der Waals surface area (Å²) in [5.74, 6) is 0. The highest BCUT2D eigenvalue weighted by Gasteiger charge is 2.14. The van der Waals surface area contributed by atoms with Crippen LogP contribution in [0.1, 0.15) is 0 Å². The van der Waals surface area contributed by atoms with Gasteiger partial charge in [0.2, 0.25) is 0 Å². The van der Waals surface area contributed by atoms with E-state index in [0.717, 1.165) is 34.0 Å². The number of pyridine rings is 2. The summed E-state index contributed by atoms with van der Waals surface area (Å²) >= 11 is 0. The Hall–Kier alpha value is -3.40. The molecule has 3 heterocycles. The Labute approximate surface area is 139 Å². The van der Waals surface area contributed by atoms with Gasteiger partial charge in [0.15, 0.2) is 0 Å². The van der Waals surface area contributed by atoms with Crippen molar-refractivity contribution in [1.82, 2.24) is 19.9 Å². The van der Waals surface area contributed by atoms with E-state index in [2.05, 4.69) is 15.0 Å². The fourth-order valence-corrected chi connectivity index (χ4v) is 2.51. The maximum absolute atomic E-state index is 4.82. The van der Waals surface area contributed by atoms with E-state index in [1.165, 1.54) is 0 Å². The molecule has 0 aliphatic rings. The summed E-state index contributed by atoms with van der Waals surface area (Å²) in [7, 11) is 0. The lowest BCUT2D eigenvalue weighted by atomic mass is 10.1. The monoisotopic (exact) mass is 310 g/mol. The molecule has 0 saturated carbocycles. The molecule has 0 spiro atoms. The van der Waals surface area contributed by atoms with E-state index in [1.807, 2.05) is 66.7 Å². The predicted molar refractivity (Wildman–Crippen MR) is 93.9 cm³/mol. The largest absolute Gasteiger partial charge is 0.255 e. The van der Waals surface area contributed by atoms with Crippen LogP contribution in [0, 0.1) is 0 Å². The van der Waals surface area contributed by atoms with Gasteiger partial charge >= 0.3 is 0 Å². The van der Waals surface area contributed by atoms with E-state index in [9.17, 15) is 0 Å². The topological polar surface area (TPSA) is 51.6 Å². The Balaban J connectivity index is 1.92. The van der Waals surface area contributed by atoms with Crippen LogP contribution in [0.3, 0.4) is 0 Å². The van der Waals surface area contributed by atoms with Gasteiger partial charge in [-0.05, 0) is 24.3 Å². The van der Waals surface area contributed by atoms with Crippen molar-refractivity contribution in [1.29, 1.82) is 0 Å². The smallest absolute Gasteiger partial charge is 0.117 e. The first kappa shape index (κ1) is 14.2. The van der Waals surface area contributed by atoms with Crippen LogP contribution in [0.4, 0.5) is 0 Å². The number of rotatable bonds is 3. The number of hydrogen-bond acceptors (Lipinski definition) is 4. The van der Waals surface area contributed by atoms with Gasteiger partial charge in [-0.25, -0.2) is 9.97 Å². The minimum Gasteiger partial charge on any atom is -0.255 e. The molecule has 0 fully saturated rings. The maximum Gasteiger partial charge on any atom is 0.117 e. The average molecular weight is 310 g/mol. The van der Waals surface area contributed by atoms with Crippen LogP contribution in [0.5, 0.6) is 0 Å². The van der Waals surface area contributed by atoms with E-state index in [0.29, 0.717) is 0 Å². The zero-order valence-electron chi connectivity index (χ0n) is 12.9. The van der Waals surface area contributed by atoms with Gasteiger partial charge in [-0.3, -0.25) is 9.97 Å². The average Bonchev–Trinajstić information content (AvgIpc) is 2.69. The van der Waals surface area contributed by atoms with E-state index in [4.69, 9.17) is 4.98 Å². The second kappa shape index (κ2) is 6.38. The number of nitrogens with zero attached hydrogens (tertiary/aromatic N) is 4. The van der Waals surface area contributed by atoms with Crippen molar-refractivity contribution in [3.63, 3.8) is 0 Å². The first-order valence-electron chi connectivity index (χ1n) is 7.67. The van der Waals surface area contributed by atoms with Crippen molar-refractivity contribution in [2.24, 2.45) is 0 Å². The molecule has 0 bridgehead atoms. The highest BCUT2D eigenvalue weighted by atomic mass is 14.9. The molecule has 0 saturated heterocycles. The normalized spacial score (nSPS) is 10.5. The Morgan fingerprint density at radius 1 is 0.500 bits per heavy atom. The lowest BCUT2D eigenvalue weighted by Gasteiger charge is -2.09. The highest BCUT2D eigenvalue weighted by molar-refractivity contribution is 5.76. The summed E-state index contributed by atoms with van der Waals surface area (Å²) < 4.78 is 0. The first-order valence-corrected chi connectivity index (χ1v) is 7.67. The summed E-state index contributed by atoms with van der Waals surface area (Å²) in [5.41, 5.74) is 4.86. The van der Waals surface area contributed by atoms with Crippen LogP contribution in [0.15, 0.2) is 85.3 Å². The van der Waals surface area contributed by atoms with Crippen molar-refractivity contribution < 1.29 is 0 Å². The second-order valence-corrected chi connectivity index (χ2v) is 5.25. The van der Waals surface area contributed by atoms with Gasteiger partial charge in [-0.2, -0.15) is 0 Å². The summed E-state index contributed by atoms with van der Waals surface area (Å²) in [6.45, 7) is 0. The standard InChI is InChI=1S/C20H14N4/c1-2-8-15(9-3-1)18-14-23-19(16-10-4-6-12-21-16)20(24-18)17-11-5-7-13-22-17/h1-14H. The van der Waals surface area contributed by atoms with Crippen LogP contribution in [-0.2, 0) is 0 Å². The number of hydrogen-bond donors (Lipinski definition) is 0. The summed E-state index contributed by atoms with van der Waals surface area (Å²) in [6, 6.07) is 21.5. The molecule has 0 aliphatic heterocycles. The Morgan fingerprint density at radius 3 is 1.75 bits per heavy atom. The molecule has 114 valence electrons. The van der Waals surface area contributed by atoms with Crippen LogP contribution >= 0.6 is 0 Å². The van der Waals surface area contributed by atoms with E-state index in [1.54, 1.807) is 18.6 Å². The van der Waals surface area contributed by atoms with Crippen LogP contribution in [0.25, 0.3) is 34.0 Å². The van der Waals surface area contributed by atoms with Gasteiger partial charge in [0.25, 0.3) is 0 Å². The molecule has 0 aliphatic carbocycles. The number of aromatic nitrogens is 4. The van der Waals surface area contributed by atoms with Crippen molar-refractivity contribution in [3.05, 3.63) is 85.3 Å². The fourth-order valence-electron chi connectivity index (χ4n) is 2.51. The third kappa shape index (κ3) is 2.77. The third-order valence-electron chi connectivity index (χ3n) is 3.66. The molecule has 0 N–H and O–H groups in total. The highest BCUT2D eigenvalue weighted by Crippen LogP contribution is 2.28. The van der Waals surface area contributed by atoms with E-state index >= 15 is 0 Å². The van der Waals surface area contributed by atoms with Crippen LogP contribution in [-0.4, -0.2) is 19.9 Å². The summed E-state index contributed by atoms with van der Waals surface area (Å²) in [5, 5.41) is 0. The molecule has 4 rings (SSSR count). The van der Waals surface area contributed by atoms with E-state index < -0.39 is 0 Å². The van der Waals surface area contributed by atoms with Crippen molar-refractivity contribution in [2.75, 3.05) is 0 Å². The van der Waals surface area contributed by atoms with Gasteiger partial charge in [0.05, 0.1) is 23.3 Å². The van der Waals surface area contributed by atoms with Crippen LogP contribution in [0.2, 0.25) is 0 Å². The number of benzene rings is 1. The van der Waals surface area contributed by atoms with Crippen molar-refractivity contribution >= 4 is 0 Å². The lowest BCUT2D eigenvalue weighted by molar-refractivity contribution is 1.16. The SMILES string of the molecule is c1ccc(-c2cnc(-c3ccccn3)c(-c3ccccn3)n2)cc1. The fraction of sp³-hybridized carbons (Fsp3) is 0. The van der Waals surface area contributed by atoms with Gasteiger partial charge in [0.1, 0.15) is 11.4 Å². The van der Waals surface area contributed by atoms with Gasteiger partial charge in [-0.1, -0.05) is 42.5 Å². The zero-order valence-corrected chi connectivity index (χ0v) is 12.9. The minimum absolute atomic E-state index is 0.731. The Bertz CT molecular complexity index is 939. The van der Waals surface area contributed by atoms with Crippen molar-refractivity contribution in [2.45, 2.75) is 0 Å². The molecular formula is C20H14N4. The third-order valence-corrected chi connectivity index (χ3v) is 3.66. The molecule has 4 heteroatoms. The van der Waals surface area contributed by atoms with Gasteiger partial charge < -0.3 is 0 Å². The minimum atomic E-state index is 0.731. The van der Waals surface area contributed by atoms with Gasteiger partial charge in [0, 0.05) is 18.0 Å². The van der Waals surface area contributed by atoms with Crippen molar-refractivity contribution in [3.8, 4) is 34.0 Å². The molecule has 0 amide bonds. The molecule has 0 unspecified atom stereocenters. The Morgan fingerprint density at radius 2 is 1.12 bits per heavy atom. The molecule has 4 aromatic rings. The zero-order chi connectivity index (χ0) is 16.2. The second-order valence-electron chi connectivity index (χ2n) is 5.25. The lowest BCUT2D eigenvalue weighted by Crippen LogP contribution is -1.98. The molecule has 0 atom stereocenters. The predicted octanol–water partition coefficient (Wildman–Crippen LogP) is 4.27. The molecule has 0 radical (unpaired) electrons. The molecule has 24 heavy (non-hydrogen) atoms. The molecule has 3 aromatic heterocycles. The Kier molecular flexibility index (Phi) is 3.78. The summed E-state index contributed by atoms with van der Waals surface area (Å²) in [4.78, 5) is 18.3. The molecule has 1 aromatic carbocycles. The maximum atomic E-state index is 4.82. The quantitative estimate of drug-likeness (QED) is 0.567. The first-order chi connectivity index (χ1) is 11.9. The molecule has 4 nitrogen and oxygen atoms in total. The van der Waals surface area contributed by atoms with E-state index in [-0.39, 0.29) is 0 Å².